The minimum Gasteiger partial charge on any atom is -0.377 e. The molecule has 1 unspecified atom stereocenters. The lowest BCUT2D eigenvalue weighted by atomic mass is 10.2. The summed E-state index contributed by atoms with van der Waals surface area (Å²) in [6.45, 7) is 5.35. The van der Waals surface area contributed by atoms with Gasteiger partial charge in [-0.25, -0.2) is 8.42 Å². The van der Waals surface area contributed by atoms with Crippen LogP contribution in [-0.4, -0.2) is 59.0 Å². The van der Waals surface area contributed by atoms with Gasteiger partial charge in [-0.05, 0) is 37.1 Å². The van der Waals surface area contributed by atoms with Crippen molar-refractivity contribution in [1.29, 1.82) is 0 Å². The zero-order valence-electron chi connectivity index (χ0n) is 18.3. The number of ether oxygens (including phenoxy) is 1. The van der Waals surface area contributed by atoms with Crippen molar-refractivity contribution in [1.82, 2.24) is 19.1 Å². The molecule has 0 N–H and O–H groups in total. The normalized spacial score (nSPS) is 16.7. The molecule has 1 aliphatic heterocycles. The molecule has 0 bridgehead atoms. The van der Waals surface area contributed by atoms with Crippen molar-refractivity contribution < 1.29 is 13.2 Å². The van der Waals surface area contributed by atoms with E-state index in [9.17, 15) is 8.42 Å². The fourth-order valence-corrected chi connectivity index (χ4v) is 6.33. The van der Waals surface area contributed by atoms with Crippen molar-refractivity contribution in [3.05, 3.63) is 54.6 Å². The third kappa shape index (κ3) is 4.76. The van der Waals surface area contributed by atoms with E-state index in [-0.39, 0.29) is 11.0 Å². The molecular weight excluding hydrogens is 444 g/mol. The lowest BCUT2D eigenvalue weighted by Gasteiger charge is -2.19. The molecule has 3 aromatic rings. The van der Waals surface area contributed by atoms with Crippen LogP contribution >= 0.6 is 11.8 Å². The zero-order chi connectivity index (χ0) is 22.6. The van der Waals surface area contributed by atoms with Crippen LogP contribution in [0.4, 0.5) is 0 Å². The average molecular weight is 473 g/mol. The maximum atomic E-state index is 13.1. The molecule has 9 heteroatoms. The first-order valence-corrected chi connectivity index (χ1v) is 13.3. The Labute approximate surface area is 193 Å². The molecule has 0 spiro atoms. The number of rotatable bonds is 9. The predicted octanol–water partition coefficient (Wildman–Crippen LogP) is 4.24. The molecule has 0 radical (unpaired) electrons. The standard InChI is InChI=1S/C23H28N4O3S2/c1-3-26(4-2)32(28,29)21-14-8-10-18(16-21)22-24-25-23(31-17-20-13-9-15-30-20)27(22)19-11-6-5-7-12-19/h5-8,10-12,14,16,20H,3-4,9,13,15,17H2,1-2H3. The minimum atomic E-state index is -3.57. The number of para-hydroxylation sites is 1. The molecule has 7 nitrogen and oxygen atoms in total. The monoisotopic (exact) mass is 472 g/mol. The van der Waals surface area contributed by atoms with E-state index in [1.54, 1.807) is 30.0 Å². The number of hydrogen-bond donors (Lipinski definition) is 0. The Kier molecular flexibility index (Phi) is 7.30. The van der Waals surface area contributed by atoms with Gasteiger partial charge in [-0.3, -0.25) is 4.57 Å². The third-order valence-electron chi connectivity index (χ3n) is 5.51. The summed E-state index contributed by atoms with van der Waals surface area (Å²) in [5.41, 5.74) is 1.64. The van der Waals surface area contributed by atoms with Gasteiger partial charge in [-0.1, -0.05) is 55.9 Å². The number of hydrogen-bond acceptors (Lipinski definition) is 6. The molecule has 4 rings (SSSR count). The van der Waals surface area contributed by atoms with E-state index in [1.165, 1.54) is 4.31 Å². The first-order chi connectivity index (χ1) is 15.5. The van der Waals surface area contributed by atoms with Gasteiger partial charge >= 0.3 is 0 Å². The van der Waals surface area contributed by atoms with Gasteiger partial charge in [0.2, 0.25) is 10.0 Å². The Bertz CT molecular complexity index is 1140. The highest BCUT2D eigenvalue weighted by molar-refractivity contribution is 7.99. The molecule has 1 aromatic heterocycles. The molecule has 2 heterocycles. The molecule has 0 amide bonds. The molecule has 2 aromatic carbocycles. The van der Waals surface area contributed by atoms with Crippen molar-refractivity contribution in [3.8, 4) is 17.1 Å². The van der Waals surface area contributed by atoms with E-state index >= 15 is 0 Å². The van der Waals surface area contributed by atoms with E-state index < -0.39 is 10.0 Å². The van der Waals surface area contributed by atoms with Gasteiger partial charge in [-0.2, -0.15) is 4.31 Å². The van der Waals surface area contributed by atoms with Crippen molar-refractivity contribution in [2.75, 3.05) is 25.4 Å². The minimum absolute atomic E-state index is 0.229. The molecule has 170 valence electrons. The Hall–Kier alpha value is -2.20. The Morgan fingerprint density at radius 3 is 2.56 bits per heavy atom. The molecule has 0 saturated carbocycles. The fourth-order valence-electron chi connectivity index (χ4n) is 3.81. The number of aromatic nitrogens is 3. The van der Waals surface area contributed by atoms with Gasteiger partial charge in [-0.15, -0.1) is 10.2 Å². The maximum absolute atomic E-state index is 13.1. The zero-order valence-corrected chi connectivity index (χ0v) is 20.0. The first-order valence-electron chi connectivity index (χ1n) is 10.9. The molecule has 1 aliphatic rings. The molecular formula is C23H28N4O3S2. The van der Waals surface area contributed by atoms with E-state index in [0.717, 1.165) is 36.0 Å². The van der Waals surface area contributed by atoms with E-state index in [0.29, 0.717) is 24.5 Å². The van der Waals surface area contributed by atoms with Crippen LogP contribution in [0.15, 0.2) is 64.6 Å². The van der Waals surface area contributed by atoms with Gasteiger partial charge in [0, 0.05) is 36.7 Å². The number of nitrogens with zero attached hydrogens (tertiary/aromatic N) is 4. The van der Waals surface area contributed by atoms with Crippen LogP contribution in [0.3, 0.4) is 0 Å². The van der Waals surface area contributed by atoms with Crippen molar-refractivity contribution in [3.63, 3.8) is 0 Å². The summed E-state index contributed by atoms with van der Waals surface area (Å²) in [5, 5.41) is 9.67. The van der Waals surface area contributed by atoms with Gasteiger partial charge in [0.25, 0.3) is 0 Å². The molecule has 1 atom stereocenters. The highest BCUT2D eigenvalue weighted by Crippen LogP contribution is 2.31. The van der Waals surface area contributed by atoms with Gasteiger partial charge in [0.15, 0.2) is 11.0 Å². The second kappa shape index (κ2) is 10.2. The second-order valence-electron chi connectivity index (χ2n) is 7.54. The van der Waals surface area contributed by atoms with Gasteiger partial charge in [0.1, 0.15) is 0 Å². The number of benzene rings is 2. The Morgan fingerprint density at radius 1 is 1.09 bits per heavy atom. The second-order valence-corrected chi connectivity index (χ2v) is 10.5. The third-order valence-corrected chi connectivity index (χ3v) is 8.61. The highest BCUT2D eigenvalue weighted by atomic mass is 32.2. The van der Waals surface area contributed by atoms with Crippen LogP contribution in [0.2, 0.25) is 0 Å². The molecule has 32 heavy (non-hydrogen) atoms. The summed E-state index contributed by atoms with van der Waals surface area (Å²) < 4.78 is 35.3. The van der Waals surface area contributed by atoms with Gasteiger partial charge in [0.05, 0.1) is 11.0 Å². The molecule has 1 fully saturated rings. The van der Waals surface area contributed by atoms with Crippen LogP contribution < -0.4 is 0 Å². The predicted molar refractivity (Wildman–Crippen MR) is 127 cm³/mol. The largest absolute Gasteiger partial charge is 0.377 e. The summed E-state index contributed by atoms with van der Waals surface area (Å²) in [6, 6.07) is 16.8. The average Bonchev–Trinajstić information content (AvgIpc) is 3.49. The van der Waals surface area contributed by atoms with Crippen molar-refractivity contribution >= 4 is 21.8 Å². The van der Waals surface area contributed by atoms with Crippen LogP contribution in [0.25, 0.3) is 17.1 Å². The molecule has 1 saturated heterocycles. The molecule has 0 aliphatic carbocycles. The Morgan fingerprint density at radius 2 is 1.88 bits per heavy atom. The Balaban J connectivity index is 1.73. The summed E-state index contributed by atoms with van der Waals surface area (Å²) in [5.74, 6) is 1.42. The first kappa shape index (κ1) is 23.0. The van der Waals surface area contributed by atoms with Gasteiger partial charge < -0.3 is 4.74 Å². The van der Waals surface area contributed by atoms with Crippen molar-refractivity contribution in [2.24, 2.45) is 0 Å². The summed E-state index contributed by atoms with van der Waals surface area (Å²) in [6.07, 6.45) is 2.38. The van der Waals surface area contributed by atoms with E-state index in [2.05, 4.69) is 10.2 Å². The van der Waals surface area contributed by atoms with E-state index in [1.807, 2.05) is 54.8 Å². The summed E-state index contributed by atoms with van der Waals surface area (Å²) >= 11 is 1.61. The van der Waals surface area contributed by atoms with Crippen molar-refractivity contribution in [2.45, 2.75) is 42.8 Å². The highest BCUT2D eigenvalue weighted by Gasteiger charge is 2.24. The smallest absolute Gasteiger partial charge is 0.243 e. The van der Waals surface area contributed by atoms with E-state index in [4.69, 9.17) is 4.74 Å². The number of sulfonamides is 1. The summed E-state index contributed by atoms with van der Waals surface area (Å²) in [4.78, 5) is 0.259. The van der Waals surface area contributed by atoms with Crippen LogP contribution in [-0.2, 0) is 14.8 Å². The quantitative estimate of drug-likeness (QED) is 0.434. The summed E-state index contributed by atoms with van der Waals surface area (Å²) in [7, 11) is -3.57. The SMILES string of the molecule is CCN(CC)S(=O)(=O)c1cccc(-c2nnc(SCC3CCCO3)n2-c2ccccc2)c1. The van der Waals surface area contributed by atoms with Crippen LogP contribution in [0, 0.1) is 0 Å². The lowest BCUT2D eigenvalue weighted by Crippen LogP contribution is -2.30. The van der Waals surface area contributed by atoms with Crippen LogP contribution in [0.1, 0.15) is 26.7 Å². The maximum Gasteiger partial charge on any atom is 0.243 e. The number of thioether (sulfide) groups is 1. The van der Waals surface area contributed by atoms with Crippen LogP contribution in [0.5, 0.6) is 0 Å². The fraction of sp³-hybridized carbons (Fsp3) is 0.391. The topological polar surface area (TPSA) is 77.3 Å². The lowest BCUT2D eigenvalue weighted by molar-refractivity contribution is 0.129.